The minimum absolute atomic E-state index is 0.161. The van der Waals surface area contributed by atoms with Crippen LogP contribution in [0.1, 0.15) is 4.88 Å². The molecule has 1 aromatic heterocycles. The van der Waals surface area contributed by atoms with E-state index >= 15 is 0 Å². The summed E-state index contributed by atoms with van der Waals surface area (Å²) >= 11 is 1.60. The lowest BCUT2D eigenvalue weighted by molar-refractivity contribution is 0.230. The second-order valence-corrected chi connectivity index (χ2v) is 3.43. The van der Waals surface area contributed by atoms with Crippen LogP contribution in [0.4, 0.5) is 0 Å². The molecule has 0 saturated heterocycles. The Morgan fingerprint density at radius 1 is 1.73 bits per heavy atom. The van der Waals surface area contributed by atoms with Crippen molar-refractivity contribution < 1.29 is 5.11 Å². The Morgan fingerprint density at radius 3 is 3.00 bits per heavy atom. The lowest BCUT2D eigenvalue weighted by Crippen LogP contribution is -2.19. The summed E-state index contributed by atoms with van der Waals surface area (Å²) < 4.78 is 0. The molecule has 0 amide bonds. The van der Waals surface area contributed by atoms with Crippen molar-refractivity contribution in [3.63, 3.8) is 0 Å². The van der Waals surface area contributed by atoms with Crippen LogP contribution >= 0.6 is 11.3 Å². The highest BCUT2D eigenvalue weighted by Gasteiger charge is 2.06. The fourth-order valence-corrected chi connectivity index (χ4v) is 1.56. The van der Waals surface area contributed by atoms with Crippen LogP contribution in [-0.4, -0.2) is 23.2 Å². The van der Waals surface area contributed by atoms with Gasteiger partial charge in [-0.1, -0.05) is 0 Å². The molecule has 0 aromatic carbocycles. The van der Waals surface area contributed by atoms with Crippen LogP contribution in [0.2, 0.25) is 0 Å². The minimum Gasteiger partial charge on any atom is -0.396 e. The van der Waals surface area contributed by atoms with Crippen LogP contribution in [0.25, 0.3) is 0 Å². The number of rotatable bonds is 4. The highest BCUT2D eigenvalue weighted by Crippen LogP contribution is 2.11. The second kappa shape index (κ2) is 4.43. The molecule has 1 aromatic rings. The van der Waals surface area contributed by atoms with Crippen molar-refractivity contribution in [3.05, 3.63) is 16.6 Å². The molecular formula is C7H12N2OS. The molecular weight excluding hydrogens is 160 g/mol. The Bertz CT molecular complexity index is 184. The quantitative estimate of drug-likeness (QED) is 0.684. The summed E-state index contributed by atoms with van der Waals surface area (Å²) in [5.74, 6) is 0.190. The third-order valence-corrected chi connectivity index (χ3v) is 2.37. The number of aromatic nitrogens is 1. The number of nitrogens with zero attached hydrogens (tertiary/aromatic N) is 1. The van der Waals surface area contributed by atoms with Crippen LogP contribution < -0.4 is 5.73 Å². The molecule has 0 aliphatic carbocycles. The maximum atomic E-state index is 8.83. The van der Waals surface area contributed by atoms with Crippen molar-refractivity contribution in [2.75, 3.05) is 13.2 Å². The molecule has 62 valence electrons. The number of hydrogen-bond donors (Lipinski definition) is 2. The average Bonchev–Trinajstić information content (AvgIpc) is 2.52. The van der Waals surface area contributed by atoms with Gasteiger partial charge in [-0.25, -0.2) is 0 Å². The zero-order valence-electron chi connectivity index (χ0n) is 6.23. The Kier molecular flexibility index (Phi) is 3.48. The Balaban J connectivity index is 2.41. The van der Waals surface area contributed by atoms with Crippen molar-refractivity contribution in [1.29, 1.82) is 0 Å². The topological polar surface area (TPSA) is 59.1 Å². The van der Waals surface area contributed by atoms with E-state index in [1.807, 2.05) is 6.20 Å². The van der Waals surface area contributed by atoms with Gasteiger partial charge in [0.1, 0.15) is 0 Å². The lowest BCUT2D eigenvalue weighted by atomic mass is 10.1. The van der Waals surface area contributed by atoms with E-state index in [9.17, 15) is 0 Å². The van der Waals surface area contributed by atoms with Crippen LogP contribution in [0, 0.1) is 5.92 Å². The number of hydrogen-bond acceptors (Lipinski definition) is 4. The number of thiazole rings is 1. The van der Waals surface area contributed by atoms with Gasteiger partial charge in [0.05, 0.1) is 5.51 Å². The first-order valence-electron chi connectivity index (χ1n) is 3.55. The molecule has 3 N–H and O–H groups in total. The van der Waals surface area contributed by atoms with Gasteiger partial charge in [0, 0.05) is 17.7 Å². The summed E-state index contributed by atoms with van der Waals surface area (Å²) in [7, 11) is 0. The predicted molar refractivity (Wildman–Crippen MR) is 45.4 cm³/mol. The van der Waals surface area contributed by atoms with E-state index in [0.29, 0.717) is 6.54 Å². The third kappa shape index (κ3) is 2.57. The normalized spacial score (nSPS) is 13.3. The highest BCUT2D eigenvalue weighted by atomic mass is 32.1. The zero-order chi connectivity index (χ0) is 8.10. The standard InChI is InChI=1S/C7H12N2OS/c8-2-6(4-10)1-7-3-9-5-11-7/h3,5-6,10H,1-2,4,8H2. The molecule has 1 rings (SSSR count). The number of aliphatic hydroxyl groups excluding tert-OH is 1. The number of nitrogens with two attached hydrogens (primary N) is 1. The van der Waals surface area contributed by atoms with Gasteiger partial charge >= 0.3 is 0 Å². The molecule has 1 atom stereocenters. The first-order valence-corrected chi connectivity index (χ1v) is 4.43. The second-order valence-electron chi connectivity index (χ2n) is 2.46. The maximum absolute atomic E-state index is 8.83. The van der Waals surface area contributed by atoms with E-state index in [4.69, 9.17) is 10.8 Å². The Hall–Kier alpha value is -0.450. The summed E-state index contributed by atoms with van der Waals surface area (Å²) in [5.41, 5.74) is 7.22. The van der Waals surface area contributed by atoms with Gasteiger partial charge in [-0.3, -0.25) is 4.98 Å². The smallest absolute Gasteiger partial charge is 0.0794 e. The van der Waals surface area contributed by atoms with E-state index in [2.05, 4.69) is 4.98 Å². The van der Waals surface area contributed by atoms with Crippen LogP contribution in [0.3, 0.4) is 0 Å². The predicted octanol–water partition coefficient (Wildman–Crippen LogP) is 0.253. The van der Waals surface area contributed by atoms with Crippen LogP contribution in [0.15, 0.2) is 11.7 Å². The lowest BCUT2D eigenvalue weighted by Gasteiger charge is -2.07. The van der Waals surface area contributed by atoms with Crippen molar-refractivity contribution in [3.8, 4) is 0 Å². The molecule has 1 heterocycles. The molecule has 0 radical (unpaired) electrons. The van der Waals surface area contributed by atoms with Gasteiger partial charge in [-0.2, -0.15) is 0 Å². The fourth-order valence-electron chi connectivity index (χ4n) is 0.850. The van der Waals surface area contributed by atoms with Crippen molar-refractivity contribution >= 4 is 11.3 Å². The van der Waals surface area contributed by atoms with E-state index in [-0.39, 0.29) is 12.5 Å². The molecule has 11 heavy (non-hydrogen) atoms. The molecule has 1 unspecified atom stereocenters. The van der Waals surface area contributed by atoms with E-state index in [0.717, 1.165) is 6.42 Å². The summed E-state index contributed by atoms with van der Waals surface area (Å²) in [4.78, 5) is 5.13. The first kappa shape index (κ1) is 8.64. The average molecular weight is 172 g/mol. The van der Waals surface area contributed by atoms with Crippen LogP contribution in [0.5, 0.6) is 0 Å². The molecule has 0 bridgehead atoms. The minimum atomic E-state index is 0.161. The number of aliphatic hydroxyl groups is 1. The highest BCUT2D eigenvalue weighted by molar-refractivity contribution is 7.09. The van der Waals surface area contributed by atoms with Gasteiger partial charge in [0.25, 0.3) is 0 Å². The summed E-state index contributed by atoms with van der Waals surface area (Å²) in [6, 6.07) is 0. The van der Waals surface area contributed by atoms with E-state index in [1.54, 1.807) is 16.8 Å². The Labute approximate surface area is 69.9 Å². The fraction of sp³-hybridized carbons (Fsp3) is 0.571. The molecule has 3 nitrogen and oxygen atoms in total. The molecule has 4 heteroatoms. The van der Waals surface area contributed by atoms with E-state index < -0.39 is 0 Å². The van der Waals surface area contributed by atoms with E-state index in [1.165, 1.54) is 4.88 Å². The molecule has 0 spiro atoms. The Morgan fingerprint density at radius 2 is 2.55 bits per heavy atom. The van der Waals surface area contributed by atoms with Crippen molar-refractivity contribution in [2.45, 2.75) is 6.42 Å². The molecule has 0 aliphatic heterocycles. The van der Waals surface area contributed by atoms with Gasteiger partial charge in [0.15, 0.2) is 0 Å². The summed E-state index contributed by atoms with van der Waals surface area (Å²) in [6.07, 6.45) is 2.67. The van der Waals surface area contributed by atoms with Gasteiger partial charge in [-0.05, 0) is 18.9 Å². The van der Waals surface area contributed by atoms with Crippen LogP contribution in [-0.2, 0) is 6.42 Å². The summed E-state index contributed by atoms with van der Waals surface area (Å²) in [6.45, 7) is 0.697. The van der Waals surface area contributed by atoms with Crippen molar-refractivity contribution in [2.24, 2.45) is 11.7 Å². The largest absolute Gasteiger partial charge is 0.396 e. The monoisotopic (exact) mass is 172 g/mol. The molecule has 0 saturated carbocycles. The van der Waals surface area contributed by atoms with Gasteiger partial charge in [0.2, 0.25) is 0 Å². The zero-order valence-corrected chi connectivity index (χ0v) is 7.05. The molecule has 0 aliphatic rings. The molecule has 0 fully saturated rings. The third-order valence-electron chi connectivity index (χ3n) is 1.56. The first-order chi connectivity index (χ1) is 5.36. The van der Waals surface area contributed by atoms with Gasteiger partial charge < -0.3 is 10.8 Å². The summed E-state index contributed by atoms with van der Waals surface area (Å²) in [5, 5.41) is 8.83. The SMILES string of the molecule is NCC(CO)Cc1cncs1. The maximum Gasteiger partial charge on any atom is 0.0794 e. The van der Waals surface area contributed by atoms with Gasteiger partial charge in [-0.15, -0.1) is 11.3 Å². The van der Waals surface area contributed by atoms with Crippen molar-refractivity contribution in [1.82, 2.24) is 4.98 Å².